The summed E-state index contributed by atoms with van der Waals surface area (Å²) in [5, 5.41) is 53.3. The molecule has 4 aliphatic carbocycles. The molecule has 0 aromatic heterocycles. The van der Waals surface area contributed by atoms with Gasteiger partial charge in [0.1, 0.15) is 30.5 Å². The lowest BCUT2D eigenvalue weighted by Gasteiger charge is -2.58. The molecule has 2 saturated heterocycles. The second kappa shape index (κ2) is 14.2. The second-order valence-corrected chi connectivity index (χ2v) is 17.1. The van der Waals surface area contributed by atoms with E-state index in [-0.39, 0.29) is 41.0 Å². The van der Waals surface area contributed by atoms with Crippen LogP contribution in [0, 0.1) is 34.5 Å². The third-order valence-corrected chi connectivity index (χ3v) is 13.8. The quantitative estimate of drug-likeness (QED) is 0.147. The van der Waals surface area contributed by atoms with Crippen molar-refractivity contribution in [1.29, 1.82) is 0 Å². The minimum atomic E-state index is -4.84. The van der Waals surface area contributed by atoms with E-state index in [1.165, 1.54) is 5.57 Å². The fourth-order valence-electron chi connectivity index (χ4n) is 10.8. The van der Waals surface area contributed by atoms with Gasteiger partial charge < -0.3 is 49.2 Å². The smallest absolute Gasteiger partial charge is 0.393 e. The van der Waals surface area contributed by atoms with E-state index < -0.39 is 72.3 Å². The molecule has 0 aromatic carbocycles. The van der Waals surface area contributed by atoms with Crippen LogP contribution in [-0.2, 0) is 38.3 Å². The number of hydrogen-bond acceptors (Lipinski definition) is 13. The maximum atomic E-state index is 11.2. The van der Waals surface area contributed by atoms with Gasteiger partial charge in [0.2, 0.25) is 0 Å². The SMILES string of the molecule is COC1CC(OC2CCC3(C)C(=CCC4C3CCC3(C)C4CC(OC4OC(COS(=O)(=O)O)C(O)C(O)C4O)C3C(C)O)C2)OC(C)C1O. The molecule has 282 valence electrons. The molecule has 2 heterocycles. The van der Waals surface area contributed by atoms with Gasteiger partial charge in [-0.2, -0.15) is 8.42 Å². The van der Waals surface area contributed by atoms with Gasteiger partial charge in [0, 0.05) is 19.4 Å². The first-order valence-electron chi connectivity index (χ1n) is 17.8. The highest BCUT2D eigenvalue weighted by molar-refractivity contribution is 7.80. The maximum absolute atomic E-state index is 11.2. The van der Waals surface area contributed by atoms with Crippen LogP contribution in [-0.4, -0.2) is 126 Å². The Balaban J connectivity index is 1.16. The van der Waals surface area contributed by atoms with Crippen LogP contribution in [0.1, 0.15) is 79.1 Å². The number of aliphatic hydroxyl groups is 5. The van der Waals surface area contributed by atoms with E-state index in [0.717, 1.165) is 38.5 Å². The van der Waals surface area contributed by atoms with Crippen LogP contribution in [0.2, 0.25) is 0 Å². The number of ether oxygens (including phenoxy) is 5. The lowest BCUT2D eigenvalue weighted by Crippen LogP contribution is -2.60. The molecular formula is C34H56O14S. The monoisotopic (exact) mass is 720 g/mol. The van der Waals surface area contributed by atoms with E-state index in [0.29, 0.717) is 24.7 Å². The number of fused-ring (bicyclic) bond motifs is 5. The highest BCUT2D eigenvalue weighted by Gasteiger charge is 2.63. The molecule has 0 amide bonds. The predicted octanol–water partition coefficient (Wildman–Crippen LogP) is 1.46. The van der Waals surface area contributed by atoms with Gasteiger partial charge in [-0.05, 0) is 87.4 Å². The molecule has 6 N–H and O–H groups in total. The Labute approximate surface area is 289 Å². The van der Waals surface area contributed by atoms with E-state index in [9.17, 15) is 34.0 Å². The number of allylic oxidation sites excluding steroid dienone is 1. The van der Waals surface area contributed by atoms with Crippen molar-refractivity contribution in [2.75, 3.05) is 13.7 Å². The summed E-state index contributed by atoms with van der Waals surface area (Å²) in [4.78, 5) is 0. The normalized spacial score (nSPS) is 50.9. The second-order valence-electron chi connectivity index (χ2n) is 16.0. The van der Waals surface area contributed by atoms with E-state index in [4.69, 9.17) is 28.2 Å². The Bertz CT molecular complexity index is 1310. The van der Waals surface area contributed by atoms with Crippen molar-refractivity contribution in [3.05, 3.63) is 11.6 Å². The lowest BCUT2D eigenvalue weighted by atomic mass is 9.47. The molecule has 0 aromatic rings. The van der Waals surface area contributed by atoms with E-state index in [2.05, 4.69) is 24.1 Å². The molecule has 6 aliphatic rings. The summed E-state index contributed by atoms with van der Waals surface area (Å²) in [6.45, 7) is 7.39. The number of aliphatic hydroxyl groups excluding tert-OH is 5. The van der Waals surface area contributed by atoms with Crippen molar-refractivity contribution in [2.45, 2.75) is 153 Å². The van der Waals surface area contributed by atoms with Crippen LogP contribution in [0.25, 0.3) is 0 Å². The van der Waals surface area contributed by atoms with Crippen molar-refractivity contribution < 1.29 is 66.4 Å². The Morgan fingerprint density at radius 1 is 0.959 bits per heavy atom. The van der Waals surface area contributed by atoms with Crippen LogP contribution in [0.3, 0.4) is 0 Å². The zero-order chi connectivity index (χ0) is 35.6. The molecule has 18 atom stereocenters. The van der Waals surface area contributed by atoms with Crippen LogP contribution >= 0.6 is 0 Å². The molecule has 2 aliphatic heterocycles. The fraction of sp³-hybridized carbons (Fsp3) is 0.941. The molecule has 18 unspecified atom stereocenters. The Morgan fingerprint density at radius 3 is 2.37 bits per heavy atom. The van der Waals surface area contributed by atoms with Crippen LogP contribution in [0.15, 0.2) is 11.6 Å². The summed E-state index contributed by atoms with van der Waals surface area (Å²) in [6, 6.07) is 0. The average molecular weight is 721 g/mol. The number of hydrogen-bond donors (Lipinski definition) is 6. The van der Waals surface area contributed by atoms with Gasteiger partial charge in [0.05, 0.1) is 37.1 Å². The molecule has 49 heavy (non-hydrogen) atoms. The van der Waals surface area contributed by atoms with Gasteiger partial charge in [0.15, 0.2) is 12.6 Å². The Hall–Kier alpha value is -0.790. The summed E-state index contributed by atoms with van der Waals surface area (Å²) in [5.41, 5.74) is 1.14. The van der Waals surface area contributed by atoms with Crippen LogP contribution in [0.4, 0.5) is 0 Å². The average Bonchev–Trinajstić information content (AvgIpc) is 3.34. The van der Waals surface area contributed by atoms with Gasteiger partial charge in [-0.15, -0.1) is 0 Å². The summed E-state index contributed by atoms with van der Waals surface area (Å²) in [6.07, 6.45) is -2.05. The molecule has 14 nitrogen and oxygen atoms in total. The third kappa shape index (κ3) is 7.15. The van der Waals surface area contributed by atoms with Crippen molar-refractivity contribution in [3.8, 4) is 0 Å². The number of rotatable bonds is 9. The third-order valence-electron chi connectivity index (χ3n) is 13.3. The highest BCUT2D eigenvalue weighted by atomic mass is 32.3. The summed E-state index contributed by atoms with van der Waals surface area (Å²) in [7, 11) is -3.24. The first-order valence-corrected chi connectivity index (χ1v) is 19.2. The molecule has 0 bridgehead atoms. The van der Waals surface area contributed by atoms with Crippen molar-refractivity contribution >= 4 is 10.4 Å². The molecule has 0 radical (unpaired) electrons. The van der Waals surface area contributed by atoms with Gasteiger partial charge >= 0.3 is 10.4 Å². The van der Waals surface area contributed by atoms with E-state index >= 15 is 0 Å². The van der Waals surface area contributed by atoms with Crippen molar-refractivity contribution in [3.63, 3.8) is 0 Å². The number of methoxy groups -OCH3 is 1. The molecule has 5 fully saturated rings. The van der Waals surface area contributed by atoms with Crippen LogP contribution < -0.4 is 0 Å². The molecule has 15 heteroatoms. The molecule has 0 spiro atoms. The zero-order valence-corrected chi connectivity index (χ0v) is 29.9. The molecule has 6 rings (SSSR count). The topological polar surface area (TPSA) is 211 Å². The Kier molecular flexibility index (Phi) is 11.0. The first-order chi connectivity index (χ1) is 23.0. The van der Waals surface area contributed by atoms with Crippen molar-refractivity contribution in [2.24, 2.45) is 34.5 Å². The van der Waals surface area contributed by atoms with Crippen molar-refractivity contribution in [1.82, 2.24) is 0 Å². The summed E-state index contributed by atoms with van der Waals surface area (Å²) >= 11 is 0. The fourth-order valence-corrected chi connectivity index (χ4v) is 11.1. The maximum Gasteiger partial charge on any atom is 0.397 e. The summed E-state index contributed by atoms with van der Waals surface area (Å²) < 4.78 is 65.7. The summed E-state index contributed by atoms with van der Waals surface area (Å²) in [5.74, 6) is 0.658. The molecular weight excluding hydrogens is 664 g/mol. The minimum absolute atomic E-state index is 0.00145. The van der Waals surface area contributed by atoms with Crippen LogP contribution in [0.5, 0.6) is 0 Å². The van der Waals surface area contributed by atoms with Gasteiger partial charge in [-0.3, -0.25) is 4.55 Å². The van der Waals surface area contributed by atoms with Gasteiger partial charge in [0.25, 0.3) is 0 Å². The zero-order valence-electron chi connectivity index (χ0n) is 29.0. The first kappa shape index (κ1) is 38.0. The highest BCUT2D eigenvalue weighted by Crippen LogP contribution is 2.67. The Morgan fingerprint density at radius 2 is 1.69 bits per heavy atom. The van der Waals surface area contributed by atoms with E-state index in [1.807, 2.05) is 6.92 Å². The van der Waals surface area contributed by atoms with Gasteiger partial charge in [-0.25, -0.2) is 4.18 Å². The molecule has 3 saturated carbocycles. The largest absolute Gasteiger partial charge is 0.397 e. The standard InChI is InChI=1S/C34H56O14S/c1-16(35)27-23(47-32-31(39)30(38)29(37)25(48-32)15-44-49(40,41)42)13-22-20-7-6-18-12-19(46-26-14-24(43-5)28(36)17(2)45-26)8-10-33(18,3)21(20)9-11-34(22,27)4/h6,16-17,19-32,35-39H,7-15H2,1-5H3,(H,40,41,42). The van der Waals surface area contributed by atoms with E-state index in [1.54, 1.807) is 14.0 Å². The van der Waals surface area contributed by atoms with Gasteiger partial charge in [-0.1, -0.05) is 25.5 Å². The lowest BCUT2D eigenvalue weighted by molar-refractivity contribution is -0.315. The minimum Gasteiger partial charge on any atom is -0.393 e. The predicted molar refractivity (Wildman–Crippen MR) is 172 cm³/mol.